The summed E-state index contributed by atoms with van der Waals surface area (Å²) < 4.78 is 0. The van der Waals surface area contributed by atoms with Gasteiger partial charge in [-0.15, -0.1) is 11.3 Å². The number of nitriles is 1. The number of aryl methyl sites for hydroxylation is 1. The first-order valence-corrected chi connectivity index (χ1v) is 11.4. The predicted molar refractivity (Wildman–Crippen MR) is 119 cm³/mol. The number of nitrogens with zero attached hydrogens (tertiary/aromatic N) is 3. The third-order valence-electron chi connectivity index (χ3n) is 5.76. The van der Waals surface area contributed by atoms with Crippen LogP contribution in [0.25, 0.3) is 0 Å². The molecule has 1 aromatic carbocycles. The van der Waals surface area contributed by atoms with Gasteiger partial charge in [-0.1, -0.05) is 23.7 Å². The van der Waals surface area contributed by atoms with Gasteiger partial charge in [-0.2, -0.15) is 5.26 Å². The van der Waals surface area contributed by atoms with Crippen molar-refractivity contribution < 1.29 is 4.79 Å². The number of thiophene rings is 1. The summed E-state index contributed by atoms with van der Waals surface area (Å²) in [6, 6.07) is 10.2. The first-order valence-electron chi connectivity index (χ1n) is 10.2. The first-order chi connectivity index (χ1) is 14.2. The van der Waals surface area contributed by atoms with Crippen LogP contribution in [0, 0.1) is 11.3 Å². The Labute approximate surface area is 180 Å². The molecule has 0 unspecified atom stereocenters. The van der Waals surface area contributed by atoms with E-state index in [0.717, 1.165) is 73.3 Å². The Balaban J connectivity index is 1.28. The van der Waals surface area contributed by atoms with Crippen molar-refractivity contribution in [3.63, 3.8) is 0 Å². The summed E-state index contributed by atoms with van der Waals surface area (Å²) in [6.45, 7) is 4.36. The normalized spacial score (nSPS) is 16.9. The summed E-state index contributed by atoms with van der Waals surface area (Å²) >= 11 is 7.89. The van der Waals surface area contributed by atoms with E-state index in [9.17, 15) is 10.1 Å². The molecule has 2 aliphatic rings. The molecule has 1 amide bonds. The minimum absolute atomic E-state index is 0.00590. The molecule has 1 saturated heterocycles. The number of hydrogen-bond donors (Lipinski definition) is 1. The van der Waals surface area contributed by atoms with Gasteiger partial charge in [0.05, 0.1) is 16.3 Å². The summed E-state index contributed by atoms with van der Waals surface area (Å²) in [6.07, 6.45) is 4.73. The van der Waals surface area contributed by atoms with Gasteiger partial charge in [0.1, 0.15) is 11.1 Å². The Morgan fingerprint density at radius 2 is 1.93 bits per heavy atom. The van der Waals surface area contributed by atoms with Crippen LogP contribution in [0.1, 0.15) is 35.3 Å². The highest BCUT2D eigenvalue weighted by Gasteiger charge is 2.23. The summed E-state index contributed by atoms with van der Waals surface area (Å²) in [7, 11) is 0. The van der Waals surface area contributed by atoms with E-state index in [1.54, 1.807) is 11.3 Å². The summed E-state index contributed by atoms with van der Waals surface area (Å²) in [5, 5.41) is 14.1. The molecule has 0 spiro atoms. The van der Waals surface area contributed by atoms with Crippen LogP contribution in [0.15, 0.2) is 24.3 Å². The molecule has 1 fully saturated rings. The highest BCUT2D eigenvalue weighted by molar-refractivity contribution is 7.16. The maximum Gasteiger partial charge on any atom is 0.226 e. The smallest absolute Gasteiger partial charge is 0.226 e. The number of fused-ring (bicyclic) bond motifs is 1. The minimum Gasteiger partial charge on any atom is -0.368 e. The van der Waals surface area contributed by atoms with Crippen molar-refractivity contribution >= 4 is 39.5 Å². The number of hydrogen-bond acceptors (Lipinski definition) is 5. The Kier molecular flexibility index (Phi) is 6.39. The van der Waals surface area contributed by atoms with E-state index < -0.39 is 0 Å². The van der Waals surface area contributed by atoms with E-state index in [4.69, 9.17) is 11.6 Å². The number of carbonyl (C=O) groups is 1. The molecule has 0 atom stereocenters. The van der Waals surface area contributed by atoms with Gasteiger partial charge < -0.3 is 10.2 Å². The van der Waals surface area contributed by atoms with Crippen LogP contribution in [-0.4, -0.2) is 43.5 Å². The van der Waals surface area contributed by atoms with Crippen LogP contribution in [0.5, 0.6) is 0 Å². The molecule has 152 valence electrons. The van der Waals surface area contributed by atoms with Crippen molar-refractivity contribution in [1.29, 1.82) is 5.26 Å². The number of amides is 1. The fourth-order valence-electron chi connectivity index (χ4n) is 4.14. The molecule has 0 radical (unpaired) electrons. The summed E-state index contributed by atoms with van der Waals surface area (Å²) in [5.74, 6) is -0.00590. The molecule has 29 heavy (non-hydrogen) atoms. The summed E-state index contributed by atoms with van der Waals surface area (Å²) in [5.41, 5.74) is 2.93. The van der Waals surface area contributed by atoms with Gasteiger partial charge in [-0.05, 0) is 43.4 Å². The van der Waals surface area contributed by atoms with Gasteiger partial charge in [-0.25, -0.2) is 0 Å². The zero-order valence-corrected chi connectivity index (χ0v) is 18.0. The minimum atomic E-state index is -0.00590. The van der Waals surface area contributed by atoms with Crippen molar-refractivity contribution in [2.75, 3.05) is 42.9 Å². The average Bonchev–Trinajstić information content (AvgIpc) is 3.10. The van der Waals surface area contributed by atoms with Crippen molar-refractivity contribution in [2.24, 2.45) is 0 Å². The topological polar surface area (TPSA) is 59.4 Å². The molecule has 7 heteroatoms. The Bertz CT molecular complexity index is 927. The Morgan fingerprint density at radius 3 is 2.69 bits per heavy atom. The first kappa shape index (κ1) is 20.2. The van der Waals surface area contributed by atoms with Crippen molar-refractivity contribution in [3.8, 4) is 6.07 Å². The fraction of sp³-hybridized carbons (Fsp3) is 0.455. The molecule has 2 aromatic rings. The Hall–Kier alpha value is -2.07. The highest BCUT2D eigenvalue weighted by Crippen LogP contribution is 2.37. The molecular weight excluding hydrogens is 404 g/mol. The number of carbonyl (C=O) groups excluding carboxylic acids is 1. The maximum atomic E-state index is 12.5. The van der Waals surface area contributed by atoms with Crippen LogP contribution >= 0.6 is 22.9 Å². The van der Waals surface area contributed by atoms with E-state index in [0.29, 0.717) is 12.0 Å². The molecule has 5 nitrogen and oxygen atoms in total. The van der Waals surface area contributed by atoms with Gasteiger partial charge in [-0.3, -0.25) is 9.69 Å². The van der Waals surface area contributed by atoms with Crippen LogP contribution in [0.2, 0.25) is 5.02 Å². The van der Waals surface area contributed by atoms with Gasteiger partial charge in [0, 0.05) is 44.0 Å². The number of benzene rings is 1. The van der Waals surface area contributed by atoms with Crippen LogP contribution in [0.3, 0.4) is 0 Å². The second-order valence-electron chi connectivity index (χ2n) is 7.61. The standard InChI is InChI=1S/C22H25ClN4OS/c23-18-6-2-3-7-19(18)27-13-11-26(12-14-27)10-9-21(28)25-22-17(15-24)16-5-1-4-8-20(16)29-22/h2-3,6-7H,1,4-5,8-14H2,(H,25,28). The number of anilines is 2. The molecule has 1 N–H and O–H groups in total. The van der Waals surface area contributed by atoms with Gasteiger partial charge >= 0.3 is 0 Å². The van der Waals surface area contributed by atoms with E-state index in [1.165, 1.54) is 11.3 Å². The van der Waals surface area contributed by atoms with Crippen LogP contribution in [0.4, 0.5) is 10.7 Å². The van der Waals surface area contributed by atoms with E-state index >= 15 is 0 Å². The number of piperazine rings is 1. The van der Waals surface area contributed by atoms with Crippen molar-refractivity contribution in [2.45, 2.75) is 32.1 Å². The van der Waals surface area contributed by atoms with Crippen LogP contribution < -0.4 is 10.2 Å². The van der Waals surface area contributed by atoms with Crippen molar-refractivity contribution in [3.05, 3.63) is 45.3 Å². The lowest BCUT2D eigenvalue weighted by molar-refractivity contribution is -0.116. The largest absolute Gasteiger partial charge is 0.368 e. The second kappa shape index (κ2) is 9.17. The lowest BCUT2D eigenvalue weighted by Crippen LogP contribution is -2.47. The van der Waals surface area contributed by atoms with E-state index in [1.807, 2.05) is 18.2 Å². The number of rotatable bonds is 5. The zero-order valence-electron chi connectivity index (χ0n) is 16.4. The molecule has 2 heterocycles. The lowest BCUT2D eigenvalue weighted by Gasteiger charge is -2.36. The fourth-order valence-corrected chi connectivity index (χ4v) is 5.65. The average molecular weight is 429 g/mol. The molecule has 1 aromatic heterocycles. The lowest BCUT2D eigenvalue weighted by atomic mass is 9.96. The van der Waals surface area contributed by atoms with Gasteiger partial charge in [0.2, 0.25) is 5.91 Å². The molecule has 4 rings (SSSR count). The number of para-hydroxylation sites is 1. The quantitative estimate of drug-likeness (QED) is 0.771. The molecular formula is C22H25ClN4OS. The monoisotopic (exact) mass is 428 g/mol. The second-order valence-corrected chi connectivity index (χ2v) is 9.12. The number of halogens is 1. The molecule has 1 aliphatic heterocycles. The highest BCUT2D eigenvalue weighted by atomic mass is 35.5. The summed E-state index contributed by atoms with van der Waals surface area (Å²) in [4.78, 5) is 18.4. The SMILES string of the molecule is N#Cc1c(NC(=O)CCN2CCN(c3ccccc3Cl)CC2)sc2c1CCCC2. The van der Waals surface area contributed by atoms with Gasteiger partial charge in [0.15, 0.2) is 0 Å². The molecule has 0 saturated carbocycles. The Morgan fingerprint density at radius 1 is 1.17 bits per heavy atom. The van der Waals surface area contributed by atoms with Gasteiger partial charge in [0.25, 0.3) is 0 Å². The predicted octanol–water partition coefficient (Wildman–Crippen LogP) is 4.30. The van der Waals surface area contributed by atoms with Crippen LogP contribution in [-0.2, 0) is 17.6 Å². The van der Waals surface area contributed by atoms with Crippen molar-refractivity contribution in [1.82, 2.24) is 4.90 Å². The van der Waals surface area contributed by atoms with E-state index in [2.05, 4.69) is 27.3 Å². The zero-order chi connectivity index (χ0) is 20.2. The third kappa shape index (κ3) is 4.58. The van der Waals surface area contributed by atoms with E-state index in [-0.39, 0.29) is 5.91 Å². The molecule has 0 bridgehead atoms. The maximum absolute atomic E-state index is 12.5. The molecule has 1 aliphatic carbocycles. The number of nitrogens with one attached hydrogen (secondary N) is 1. The third-order valence-corrected chi connectivity index (χ3v) is 7.28.